The fourth-order valence-electron chi connectivity index (χ4n) is 5.73. The summed E-state index contributed by atoms with van der Waals surface area (Å²) in [6.45, 7) is 14.6. The predicted octanol–water partition coefficient (Wildman–Crippen LogP) is 7.22. The lowest BCUT2D eigenvalue weighted by molar-refractivity contribution is 0.0199. The molecule has 0 saturated heterocycles. The van der Waals surface area contributed by atoms with Crippen molar-refractivity contribution in [1.82, 2.24) is 0 Å². The molecule has 0 unspecified atom stereocenters. The van der Waals surface area contributed by atoms with Gasteiger partial charge in [-0.05, 0) is 51.9 Å². The maximum atomic E-state index is 7.51. The maximum Gasteiger partial charge on any atom is 0.261 e. The topological polar surface area (TPSA) is 9.23 Å². The van der Waals surface area contributed by atoms with E-state index in [1.807, 2.05) is 0 Å². The van der Waals surface area contributed by atoms with Gasteiger partial charge in [0.05, 0.1) is 0 Å². The molecule has 0 bridgehead atoms. The highest BCUT2D eigenvalue weighted by Gasteiger charge is 2.52. The van der Waals surface area contributed by atoms with Crippen LogP contribution in [0.5, 0.6) is 0 Å². The van der Waals surface area contributed by atoms with E-state index in [0.717, 1.165) is 11.8 Å². The Bertz CT molecular complexity index is 776. The largest absolute Gasteiger partial charge is 0.404 e. The van der Waals surface area contributed by atoms with Crippen LogP contribution in [0.25, 0.3) is 0 Å². The number of halogens is 1. The van der Waals surface area contributed by atoms with E-state index >= 15 is 0 Å². The number of hydrogen-bond acceptors (Lipinski definition) is 1. The first-order valence-electron chi connectivity index (χ1n) is 12.0. The Labute approximate surface area is 205 Å². The molecule has 2 aromatic rings. The molecule has 1 aliphatic carbocycles. The Morgan fingerprint density at radius 2 is 1.52 bits per heavy atom. The first-order chi connectivity index (χ1) is 14.6. The second-order valence-electron chi connectivity index (χ2n) is 11.1. The van der Waals surface area contributed by atoms with Gasteiger partial charge in [0.25, 0.3) is 8.32 Å². The number of rotatable bonds is 7. The zero-order chi connectivity index (χ0) is 22.7. The molecular weight excluding hydrogens is 507 g/mol. The minimum atomic E-state index is -2.47. The van der Waals surface area contributed by atoms with Gasteiger partial charge in [0.15, 0.2) is 0 Å². The summed E-state index contributed by atoms with van der Waals surface area (Å²) in [5, 5.41) is 2.84. The van der Waals surface area contributed by atoms with E-state index < -0.39 is 8.32 Å². The minimum Gasteiger partial charge on any atom is -0.404 e. The summed E-state index contributed by atoms with van der Waals surface area (Å²) >= 11 is 2.56. The average Bonchev–Trinajstić information content (AvgIpc) is 2.77. The molecule has 0 spiro atoms. The fourth-order valence-corrected chi connectivity index (χ4v) is 11.2. The van der Waals surface area contributed by atoms with Gasteiger partial charge < -0.3 is 4.43 Å². The van der Waals surface area contributed by atoms with Crippen molar-refractivity contribution >= 4 is 41.3 Å². The third kappa shape index (κ3) is 5.14. The van der Waals surface area contributed by atoms with E-state index in [9.17, 15) is 0 Å². The van der Waals surface area contributed by atoms with Crippen LogP contribution >= 0.6 is 22.6 Å². The highest BCUT2D eigenvalue weighted by atomic mass is 127. The molecule has 3 heteroatoms. The van der Waals surface area contributed by atoms with Crippen LogP contribution in [0, 0.1) is 17.3 Å². The Morgan fingerprint density at radius 3 is 1.97 bits per heavy atom. The van der Waals surface area contributed by atoms with E-state index in [1.165, 1.54) is 40.5 Å². The van der Waals surface area contributed by atoms with Crippen molar-refractivity contribution < 1.29 is 4.43 Å². The summed E-state index contributed by atoms with van der Waals surface area (Å²) in [5.41, 5.74) is 0.360. The third-order valence-corrected chi connectivity index (χ3v) is 14.4. The zero-order valence-electron chi connectivity index (χ0n) is 20.3. The predicted molar refractivity (Wildman–Crippen MR) is 146 cm³/mol. The van der Waals surface area contributed by atoms with Gasteiger partial charge in [-0.15, -0.1) is 0 Å². The molecular formula is C28H41IOSi. The van der Waals surface area contributed by atoms with Crippen LogP contribution in [0.4, 0.5) is 0 Å². The molecule has 3 rings (SSSR count). The van der Waals surface area contributed by atoms with Crippen molar-refractivity contribution in [2.24, 2.45) is 17.3 Å². The molecule has 1 saturated carbocycles. The second kappa shape index (κ2) is 10.1. The molecule has 170 valence electrons. The molecule has 0 N–H and O–H groups in total. The van der Waals surface area contributed by atoms with Gasteiger partial charge in [0.1, 0.15) is 0 Å². The van der Waals surface area contributed by atoms with Crippen LogP contribution in [-0.2, 0) is 4.43 Å². The monoisotopic (exact) mass is 548 g/mol. The Balaban J connectivity index is 2.03. The fraction of sp³-hybridized carbons (Fsp3) is 0.571. The zero-order valence-corrected chi connectivity index (χ0v) is 23.5. The van der Waals surface area contributed by atoms with Gasteiger partial charge in [-0.1, -0.05) is 131 Å². The molecule has 2 aromatic carbocycles. The second-order valence-corrected chi connectivity index (χ2v) is 16.2. The average molecular weight is 549 g/mol. The number of benzene rings is 2. The van der Waals surface area contributed by atoms with Crippen LogP contribution in [0.3, 0.4) is 0 Å². The van der Waals surface area contributed by atoms with Gasteiger partial charge in [0.2, 0.25) is 0 Å². The summed E-state index contributed by atoms with van der Waals surface area (Å²) in [6.07, 6.45) is 5.30. The molecule has 31 heavy (non-hydrogen) atoms. The lowest BCUT2D eigenvalue weighted by Crippen LogP contribution is -2.68. The summed E-state index contributed by atoms with van der Waals surface area (Å²) in [6, 6.07) is 22.2. The summed E-state index contributed by atoms with van der Waals surface area (Å²) in [4.78, 5) is 0. The van der Waals surface area contributed by atoms with Crippen molar-refractivity contribution in [3.63, 3.8) is 0 Å². The standard InChI is InChI=1S/C28H41IOSi/c1-22(21-29)23(2)28(6)19-13-14-24(20-28)30-31(27(3,4)5,25-15-9-7-10-16-25)26-17-11-8-12-18-26/h7-12,15-18,22-24H,13-14,19-21H2,1-6H3/t22-,23+,24-,28-/m0/s1. The van der Waals surface area contributed by atoms with Crippen molar-refractivity contribution in [3.05, 3.63) is 60.7 Å². The van der Waals surface area contributed by atoms with Crippen LogP contribution in [0.15, 0.2) is 60.7 Å². The van der Waals surface area contributed by atoms with E-state index in [0.29, 0.717) is 11.5 Å². The van der Waals surface area contributed by atoms with Crippen molar-refractivity contribution in [2.45, 2.75) is 78.4 Å². The van der Waals surface area contributed by atoms with Crippen LogP contribution in [0.2, 0.25) is 5.04 Å². The molecule has 0 aliphatic heterocycles. The highest BCUT2D eigenvalue weighted by molar-refractivity contribution is 14.1. The van der Waals surface area contributed by atoms with Gasteiger partial charge >= 0.3 is 0 Å². The normalized spacial score (nSPS) is 24.5. The van der Waals surface area contributed by atoms with Gasteiger partial charge in [0, 0.05) is 10.5 Å². The molecule has 4 atom stereocenters. The molecule has 0 heterocycles. The number of hydrogen-bond donors (Lipinski definition) is 0. The van der Waals surface area contributed by atoms with E-state index in [-0.39, 0.29) is 5.04 Å². The third-order valence-electron chi connectivity index (χ3n) is 7.92. The van der Waals surface area contributed by atoms with Gasteiger partial charge in [-0.2, -0.15) is 0 Å². The molecule has 1 aliphatic rings. The summed E-state index contributed by atoms with van der Waals surface area (Å²) in [7, 11) is -2.47. The van der Waals surface area contributed by atoms with Crippen LogP contribution < -0.4 is 10.4 Å². The lowest BCUT2D eigenvalue weighted by Gasteiger charge is -2.50. The van der Waals surface area contributed by atoms with E-state index in [4.69, 9.17) is 4.43 Å². The Kier molecular flexibility index (Phi) is 8.13. The number of alkyl halides is 1. The smallest absolute Gasteiger partial charge is 0.261 e. The molecule has 0 amide bonds. The van der Waals surface area contributed by atoms with Gasteiger partial charge in [-0.25, -0.2) is 0 Å². The van der Waals surface area contributed by atoms with E-state index in [2.05, 4.69) is 125 Å². The summed E-state index contributed by atoms with van der Waals surface area (Å²) < 4.78 is 8.74. The SMILES string of the molecule is C[C@H]([C@@H](C)CI)[C@@]1(C)CCC[C@H](O[Si](c2ccccc2)(c2ccccc2)C(C)(C)C)C1. The quantitative estimate of drug-likeness (QED) is 0.202. The summed E-state index contributed by atoms with van der Waals surface area (Å²) in [5.74, 6) is 1.46. The lowest BCUT2D eigenvalue weighted by atomic mass is 9.64. The van der Waals surface area contributed by atoms with Crippen LogP contribution in [-0.4, -0.2) is 18.8 Å². The first-order valence-corrected chi connectivity index (χ1v) is 15.4. The molecule has 0 radical (unpaired) electrons. The van der Waals surface area contributed by atoms with E-state index in [1.54, 1.807) is 0 Å². The molecule has 1 fully saturated rings. The first kappa shape index (κ1) is 25.0. The molecule has 0 aromatic heterocycles. The Hall–Kier alpha value is -0.653. The Morgan fingerprint density at radius 1 is 1.00 bits per heavy atom. The van der Waals surface area contributed by atoms with Crippen molar-refractivity contribution in [2.75, 3.05) is 4.43 Å². The minimum absolute atomic E-state index is 0.0463. The van der Waals surface area contributed by atoms with Crippen LogP contribution in [0.1, 0.15) is 67.2 Å². The maximum absolute atomic E-state index is 7.51. The molecule has 1 nitrogen and oxygen atoms in total. The van der Waals surface area contributed by atoms with Crippen molar-refractivity contribution in [3.8, 4) is 0 Å². The van der Waals surface area contributed by atoms with Crippen molar-refractivity contribution in [1.29, 1.82) is 0 Å². The highest BCUT2D eigenvalue weighted by Crippen LogP contribution is 2.48. The van der Waals surface area contributed by atoms with Gasteiger partial charge in [-0.3, -0.25) is 0 Å².